The van der Waals surface area contributed by atoms with Crippen LogP contribution in [0.3, 0.4) is 0 Å². The Labute approximate surface area is 171 Å². The molecule has 0 spiro atoms. The molecule has 0 saturated carbocycles. The molecule has 29 heavy (non-hydrogen) atoms. The van der Waals surface area contributed by atoms with Crippen LogP contribution in [0, 0.1) is 26.6 Å². The molecule has 0 fully saturated rings. The Morgan fingerprint density at radius 2 is 2.07 bits per heavy atom. The van der Waals surface area contributed by atoms with E-state index in [2.05, 4.69) is 15.4 Å². The first kappa shape index (κ1) is 19.1. The first-order chi connectivity index (χ1) is 13.9. The molecular formula is C21H19FN4O2S. The fraction of sp³-hybridized carbons (Fsp3) is 0.190. The van der Waals surface area contributed by atoms with E-state index in [-0.39, 0.29) is 12.3 Å². The van der Waals surface area contributed by atoms with Gasteiger partial charge in [-0.1, -0.05) is 6.07 Å². The smallest absolute Gasteiger partial charge is 0.236 e. The van der Waals surface area contributed by atoms with Crippen molar-refractivity contribution in [2.75, 3.05) is 5.32 Å². The largest absolute Gasteiger partial charge is 0.440 e. The normalized spacial score (nSPS) is 11.0. The standard InChI is InChI=1S/C21H19FN4O2S/c1-12-9-13(2)26(25-12)18-7-6-15(10-16(18)22)23-20(27)11-17-14(3)28-21(24-17)19-5-4-8-29-19/h4-10H,11H2,1-3H3,(H,23,27). The predicted molar refractivity (Wildman–Crippen MR) is 110 cm³/mol. The Kier molecular flexibility index (Phi) is 5.02. The van der Waals surface area contributed by atoms with Gasteiger partial charge in [0.1, 0.15) is 11.4 Å². The lowest BCUT2D eigenvalue weighted by Crippen LogP contribution is -2.15. The average Bonchev–Trinajstić information content (AvgIpc) is 3.37. The van der Waals surface area contributed by atoms with Gasteiger partial charge in [-0.3, -0.25) is 4.79 Å². The topological polar surface area (TPSA) is 73.0 Å². The molecule has 0 aliphatic heterocycles. The second kappa shape index (κ2) is 7.63. The number of aryl methyl sites for hydroxylation is 3. The number of thiophene rings is 1. The Morgan fingerprint density at radius 3 is 2.72 bits per heavy atom. The van der Waals surface area contributed by atoms with Gasteiger partial charge in [0.25, 0.3) is 0 Å². The van der Waals surface area contributed by atoms with Crippen LogP contribution in [-0.2, 0) is 11.2 Å². The van der Waals surface area contributed by atoms with Gasteiger partial charge < -0.3 is 9.73 Å². The van der Waals surface area contributed by atoms with E-state index in [0.717, 1.165) is 16.3 Å². The third-order valence-electron chi connectivity index (χ3n) is 4.42. The molecule has 148 valence electrons. The number of carbonyl (C=O) groups is 1. The van der Waals surface area contributed by atoms with E-state index < -0.39 is 5.82 Å². The Hall–Kier alpha value is -3.26. The van der Waals surface area contributed by atoms with Gasteiger partial charge in [0.2, 0.25) is 11.8 Å². The number of hydrogen-bond donors (Lipinski definition) is 1. The molecule has 0 atom stereocenters. The lowest BCUT2D eigenvalue weighted by Gasteiger charge is -2.09. The summed E-state index contributed by atoms with van der Waals surface area (Å²) in [5, 5.41) is 8.94. The fourth-order valence-corrected chi connectivity index (χ4v) is 3.73. The van der Waals surface area contributed by atoms with Gasteiger partial charge >= 0.3 is 0 Å². The molecule has 0 unspecified atom stereocenters. The van der Waals surface area contributed by atoms with Crippen molar-refractivity contribution >= 4 is 22.9 Å². The third-order valence-corrected chi connectivity index (χ3v) is 5.28. The summed E-state index contributed by atoms with van der Waals surface area (Å²) in [7, 11) is 0. The summed E-state index contributed by atoms with van der Waals surface area (Å²) in [5.74, 6) is 0.333. The van der Waals surface area contributed by atoms with Crippen molar-refractivity contribution in [2.24, 2.45) is 0 Å². The molecular weight excluding hydrogens is 391 g/mol. The number of anilines is 1. The molecule has 0 aliphatic rings. The number of halogens is 1. The molecule has 0 aliphatic carbocycles. The van der Waals surface area contributed by atoms with Crippen molar-refractivity contribution in [1.29, 1.82) is 0 Å². The van der Waals surface area contributed by atoms with Crippen molar-refractivity contribution in [3.63, 3.8) is 0 Å². The monoisotopic (exact) mass is 410 g/mol. The zero-order valence-electron chi connectivity index (χ0n) is 16.2. The molecule has 8 heteroatoms. The van der Waals surface area contributed by atoms with E-state index in [1.54, 1.807) is 23.7 Å². The molecule has 6 nitrogen and oxygen atoms in total. The second-order valence-electron chi connectivity index (χ2n) is 6.73. The summed E-state index contributed by atoms with van der Waals surface area (Å²) >= 11 is 1.52. The van der Waals surface area contributed by atoms with E-state index in [0.29, 0.717) is 28.7 Å². The van der Waals surface area contributed by atoms with E-state index in [1.165, 1.54) is 17.4 Å². The summed E-state index contributed by atoms with van der Waals surface area (Å²) in [6.45, 7) is 5.49. The highest BCUT2D eigenvalue weighted by Gasteiger charge is 2.16. The van der Waals surface area contributed by atoms with Gasteiger partial charge in [-0.25, -0.2) is 14.1 Å². The highest BCUT2D eigenvalue weighted by molar-refractivity contribution is 7.13. The highest BCUT2D eigenvalue weighted by Crippen LogP contribution is 2.26. The lowest BCUT2D eigenvalue weighted by atomic mass is 10.2. The number of hydrogen-bond acceptors (Lipinski definition) is 5. The minimum Gasteiger partial charge on any atom is -0.440 e. The van der Waals surface area contributed by atoms with Gasteiger partial charge in [0.05, 0.1) is 22.7 Å². The molecule has 0 radical (unpaired) electrons. The molecule has 3 aromatic heterocycles. The number of benzene rings is 1. The van der Waals surface area contributed by atoms with Crippen LogP contribution in [0.25, 0.3) is 16.5 Å². The number of nitrogens with one attached hydrogen (secondary N) is 1. The van der Waals surface area contributed by atoms with Crippen molar-refractivity contribution in [3.8, 4) is 16.5 Å². The van der Waals surface area contributed by atoms with Crippen LogP contribution < -0.4 is 5.32 Å². The van der Waals surface area contributed by atoms with Crippen LogP contribution in [0.5, 0.6) is 0 Å². The fourth-order valence-electron chi connectivity index (χ4n) is 3.08. The second-order valence-corrected chi connectivity index (χ2v) is 7.68. The highest BCUT2D eigenvalue weighted by atomic mass is 32.1. The van der Waals surface area contributed by atoms with Crippen molar-refractivity contribution < 1.29 is 13.6 Å². The van der Waals surface area contributed by atoms with Gasteiger partial charge in [-0.2, -0.15) is 5.10 Å². The van der Waals surface area contributed by atoms with Crippen LogP contribution in [0.1, 0.15) is 22.8 Å². The number of carbonyl (C=O) groups excluding carboxylic acids is 1. The summed E-state index contributed by atoms with van der Waals surface area (Å²) in [6.07, 6.45) is 0.0432. The van der Waals surface area contributed by atoms with Crippen molar-refractivity contribution in [2.45, 2.75) is 27.2 Å². The molecule has 0 bridgehead atoms. The lowest BCUT2D eigenvalue weighted by molar-refractivity contribution is -0.115. The van der Waals surface area contributed by atoms with Crippen LogP contribution in [0.2, 0.25) is 0 Å². The van der Waals surface area contributed by atoms with Crippen LogP contribution >= 0.6 is 11.3 Å². The quantitative estimate of drug-likeness (QED) is 0.511. The maximum Gasteiger partial charge on any atom is 0.236 e. The molecule has 1 N–H and O–H groups in total. The number of amides is 1. The molecule has 3 heterocycles. The summed E-state index contributed by atoms with van der Waals surface area (Å²) < 4.78 is 21.8. The van der Waals surface area contributed by atoms with Crippen molar-refractivity contribution in [1.82, 2.24) is 14.8 Å². The first-order valence-corrected chi connectivity index (χ1v) is 9.92. The summed E-state index contributed by atoms with van der Waals surface area (Å²) in [4.78, 5) is 17.7. The molecule has 0 saturated heterocycles. The van der Waals surface area contributed by atoms with E-state index in [9.17, 15) is 9.18 Å². The maximum atomic E-state index is 14.6. The average molecular weight is 410 g/mol. The summed E-state index contributed by atoms with van der Waals surface area (Å²) in [6, 6.07) is 10.2. The minimum atomic E-state index is -0.466. The van der Waals surface area contributed by atoms with Gasteiger partial charge in [-0.05, 0) is 56.5 Å². The summed E-state index contributed by atoms with van der Waals surface area (Å²) in [5.41, 5.74) is 2.91. The number of aromatic nitrogens is 3. The molecule has 1 aromatic carbocycles. The van der Waals surface area contributed by atoms with E-state index in [4.69, 9.17) is 4.42 Å². The molecule has 1 amide bonds. The zero-order valence-corrected chi connectivity index (χ0v) is 17.0. The zero-order chi connectivity index (χ0) is 20.5. The SMILES string of the molecule is Cc1cc(C)n(-c2ccc(NC(=O)Cc3nc(-c4cccs4)oc3C)cc2F)n1. The van der Waals surface area contributed by atoms with Crippen LogP contribution in [-0.4, -0.2) is 20.7 Å². The number of oxazole rings is 1. The number of rotatable bonds is 5. The third kappa shape index (κ3) is 3.97. The number of nitrogens with zero attached hydrogens (tertiary/aromatic N) is 3. The Morgan fingerprint density at radius 1 is 1.24 bits per heavy atom. The van der Waals surface area contributed by atoms with Crippen LogP contribution in [0.15, 0.2) is 46.2 Å². The van der Waals surface area contributed by atoms with Gasteiger partial charge in [-0.15, -0.1) is 11.3 Å². The first-order valence-electron chi connectivity index (χ1n) is 9.04. The van der Waals surface area contributed by atoms with E-state index in [1.807, 2.05) is 37.4 Å². The van der Waals surface area contributed by atoms with Crippen LogP contribution in [0.4, 0.5) is 10.1 Å². The Bertz CT molecular complexity index is 1180. The molecule has 4 aromatic rings. The van der Waals surface area contributed by atoms with Crippen molar-refractivity contribution in [3.05, 3.63) is 70.4 Å². The predicted octanol–water partition coefficient (Wildman–Crippen LogP) is 4.83. The molecule has 4 rings (SSSR count). The Balaban J connectivity index is 1.48. The van der Waals surface area contributed by atoms with E-state index >= 15 is 0 Å². The minimum absolute atomic E-state index is 0.0432. The van der Waals surface area contributed by atoms with Gasteiger partial charge in [0, 0.05) is 11.4 Å². The van der Waals surface area contributed by atoms with Gasteiger partial charge in [0.15, 0.2) is 5.82 Å². The maximum absolute atomic E-state index is 14.6.